The van der Waals surface area contributed by atoms with Crippen molar-refractivity contribution in [2.75, 3.05) is 5.73 Å². The van der Waals surface area contributed by atoms with Gasteiger partial charge in [-0.3, -0.25) is 4.79 Å². The Bertz CT molecular complexity index is 816. The fourth-order valence-corrected chi connectivity index (χ4v) is 2.33. The van der Waals surface area contributed by atoms with Crippen molar-refractivity contribution in [3.05, 3.63) is 96.1 Å². The van der Waals surface area contributed by atoms with Gasteiger partial charge in [-0.05, 0) is 47.0 Å². The summed E-state index contributed by atoms with van der Waals surface area (Å²) >= 11 is 0. The van der Waals surface area contributed by atoms with Crippen molar-refractivity contribution in [3.63, 3.8) is 0 Å². The first kappa shape index (κ1) is 14.8. The maximum Gasteiger partial charge on any atom is 0.185 e. The molecule has 0 aliphatic carbocycles. The Hall–Kier alpha value is -3.13. The molecule has 0 spiro atoms. The van der Waals surface area contributed by atoms with Crippen molar-refractivity contribution in [2.24, 2.45) is 0 Å². The molecule has 0 aliphatic rings. The lowest BCUT2D eigenvalue weighted by atomic mass is 10.0. The molecule has 0 unspecified atom stereocenters. The fraction of sp³-hybridized carbons (Fsp3) is 0. The number of hydrogen-bond acceptors (Lipinski definition) is 2. The number of benzene rings is 3. The standard InChI is InChI=1S/C21H17NO/c22-20-13-11-19(12-14-20)21(23)15-8-16-6-9-18(10-7-16)17-4-2-1-3-5-17/h1-15H,22H2/b15-8+. The van der Waals surface area contributed by atoms with Crippen molar-refractivity contribution in [3.8, 4) is 11.1 Å². The van der Waals surface area contributed by atoms with E-state index in [2.05, 4.69) is 24.3 Å². The molecule has 3 rings (SSSR count). The first-order chi connectivity index (χ1) is 11.2. The molecule has 0 aromatic heterocycles. The number of nitrogens with two attached hydrogens (primary N) is 1. The van der Waals surface area contributed by atoms with Gasteiger partial charge < -0.3 is 5.73 Å². The Morgan fingerprint density at radius 2 is 1.35 bits per heavy atom. The molecule has 0 saturated heterocycles. The van der Waals surface area contributed by atoms with Gasteiger partial charge in [-0.1, -0.05) is 60.7 Å². The normalized spacial score (nSPS) is 10.8. The van der Waals surface area contributed by atoms with E-state index in [1.165, 1.54) is 5.56 Å². The summed E-state index contributed by atoms with van der Waals surface area (Å²) in [5, 5.41) is 0. The molecule has 0 heterocycles. The summed E-state index contributed by atoms with van der Waals surface area (Å²) in [5.74, 6) is -0.0304. The summed E-state index contributed by atoms with van der Waals surface area (Å²) in [6.07, 6.45) is 3.41. The van der Waals surface area contributed by atoms with Crippen LogP contribution in [0, 0.1) is 0 Å². The van der Waals surface area contributed by atoms with Crippen molar-refractivity contribution in [2.45, 2.75) is 0 Å². The van der Waals surface area contributed by atoms with Gasteiger partial charge in [0.2, 0.25) is 0 Å². The van der Waals surface area contributed by atoms with Gasteiger partial charge in [0, 0.05) is 11.3 Å². The summed E-state index contributed by atoms with van der Waals surface area (Å²) in [6, 6.07) is 25.3. The van der Waals surface area contributed by atoms with Gasteiger partial charge in [0.15, 0.2) is 5.78 Å². The molecule has 2 heteroatoms. The van der Waals surface area contributed by atoms with E-state index < -0.39 is 0 Å². The van der Waals surface area contributed by atoms with E-state index in [4.69, 9.17) is 5.73 Å². The SMILES string of the molecule is Nc1ccc(C(=O)/C=C/c2ccc(-c3ccccc3)cc2)cc1. The van der Waals surface area contributed by atoms with Gasteiger partial charge in [0.1, 0.15) is 0 Å². The van der Waals surface area contributed by atoms with E-state index in [1.807, 2.05) is 36.4 Å². The highest BCUT2D eigenvalue weighted by Crippen LogP contribution is 2.19. The van der Waals surface area contributed by atoms with Crippen LogP contribution >= 0.6 is 0 Å². The lowest BCUT2D eigenvalue weighted by molar-refractivity contribution is 0.104. The van der Waals surface area contributed by atoms with Crippen LogP contribution in [0.25, 0.3) is 17.2 Å². The number of ketones is 1. The topological polar surface area (TPSA) is 43.1 Å². The molecule has 0 fully saturated rings. The summed E-state index contributed by atoms with van der Waals surface area (Å²) in [4.78, 5) is 12.1. The largest absolute Gasteiger partial charge is 0.399 e. The molecule has 2 N–H and O–H groups in total. The van der Waals surface area contributed by atoms with Gasteiger partial charge in [-0.15, -0.1) is 0 Å². The zero-order valence-corrected chi connectivity index (χ0v) is 12.6. The number of nitrogen functional groups attached to an aromatic ring is 1. The maximum atomic E-state index is 12.1. The molecule has 112 valence electrons. The van der Waals surface area contributed by atoms with Gasteiger partial charge in [0.05, 0.1) is 0 Å². The smallest absolute Gasteiger partial charge is 0.185 e. The molecule has 3 aromatic carbocycles. The molecule has 0 saturated carbocycles. The molecule has 0 amide bonds. The number of anilines is 1. The van der Waals surface area contributed by atoms with E-state index in [9.17, 15) is 4.79 Å². The van der Waals surface area contributed by atoms with Crippen LogP contribution in [0.3, 0.4) is 0 Å². The third kappa shape index (κ3) is 3.74. The van der Waals surface area contributed by atoms with Crippen LogP contribution < -0.4 is 5.73 Å². The van der Waals surface area contributed by atoms with Crippen molar-refractivity contribution >= 4 is 17.5 Å². The Morgan fingerprint density at radius 3 is 2.00 bits per heavy atom. The predicted molar refractivity (Wildman–Crippen MR) is 96.1 cm³/mol. The minimum absolute atomic E-state index is 0.0304. The van der Waals surface area contributed by atoms with Gasteiger partial charge in [-0.2, -0.15) is 0 Å². The van der Waals surface area contributed by atoms with Crippen LogP contribution in [0.2, 0.25) is 0 Å². The number of allylic oxidation sites excluding steroid dienone is 1. The Morgan fingerprint density at radius 1 is 0.739 bits per heavy atom. The summed E-state index contributed by atoms with van der Waals surface area (Å²) in [6.45, 7) is 0. The maximum absolute atomic E-state index is 12.1. The monoisotopic (exact) mass is 299 g/mol. The van der Waals surface area contributed by atoms with Crippen molar-refractivity contribution < 1.29 is 4.79 Å². The third-order valence-electron chi connectivity index (χ3n) is 3.64. The minimum atomic E-state index is -0.0304. The van der Waals surface area contributed by atoms with Crippen molar-refractivity contribution in [1.29, 1.82) is 0 Å². The highest BCUT2D eigenvalue weighted by Gasteiger charge is 2.01. The quantitative estimate of drug-likeness (QED) is 0.426. The van der Waals surface area contributed by atoms with Gasteiger partial charge in [0.25, 0.3) is 0 Å². The third-order valence-corrected chi connectivity index (χ3v) is 3.64. The highest BCUT2D eigenvalue weighted by molar-refractivity contribution is 6.06. The van der Waals surface area contributed by atoms with Crippen LogP contribution in [-0.4, -0.2) is 5.78 Å². The second kappa shape index (κ2) is 6.75. The van der Waals surface area contributed by atoms with Crippen LogP contribution in [0.15, 0.2) is 84.9 Å². The van der Waals surface area contributed by atoms with Gasteiger partial charge >= 0.3 is 0 Å². The Kier molecular flexibility index (Phi) is 4.34. The summed E-state index contributed by atoms with van der Waals surface area (Å²) in [7, 11) is 0. The first-order valence-electron chi connectivity index (χ1n) is 7.46. The van der Waals surface area contributed by atoms with Gasteiger partial charge in [-0.25, -0.2) is 0 Å². The fourth-order valence-electron chi connectivity index (χ4n) is 2.33. The lowest BCUT2D eigenvalue weighted by Crippen LogP contribution is -1.94. The van der Waals surface area contributed by atoms with E-state index in [0.29, 0.717) is 11.3 Å². The minimum Gasteiger partial charge on any atom is -0.399 e. The number of carbonyl (C=O) groups is 1. The van der Waals surface area contributed by atoms with E-state index in [0.717, 1.165) is 11.1 Å². The average molecular weight is 299 g/mol. The Balaban J connectivity index is 1.73. The number of carbonyl (C=O) groups excluding carboxylic acids is 1. The average Bonchev–Trinajstić information content (AvgIpc) is 2.61. The van der Waals surface area contributed by atoms with Crippen LogP contribution in [0.4, 0.5) is 5.69 Å². The van der Waals surface area contributed by atoms with E-state index in [-0.39, 0.29) is 5.78 Å². The highest BCUT2D eigenvalue weighted by atomic mass is 16.1. The molecule has 23 heavy (non-hydrogen) atoms. The molecular formula is C21H17NO. The molecule has 3 aromatic rings. The zero-order chi connectivity index (χ0) is 16.1. The second-order valence-electron chi connectivity index (χ2n) is 5.31. The summed E-state index contributed by atoms with van der Waals surface area (Å²) in [5.41, 5.74) is 10.3. The molecule has 0 radical (unpaired) electrons. The number of rotatable bonds is 4. The molecule has 0 bridgehead atoms. The molecule has 2 nitrogen and oxygen atoms in total. The van der Waals surface area contributed by atoms with Crippen LogP contribution in [0.5, 0.6) is 0 Å². The zero-order valence-electron chi connectivity index (χ0n) is 12.6. The summed E-state index contributed by atoms with van der Waals surface area (Å²) < 4.78 is 0. The van der Waals surface area contributed by atoms with Crippen molar-refractivity contribution in [1.82, 2.24) is 0 Å². The predicted octanol–water partition coefficient (Wildman–Crippen LogP) is 4.83. The molecule has 0 atom stereocenters. The Labute approximate surface area is 135 Å². The first-order valence-corrected chi connectivity index (χ1v) is 7.46. The number of hydrogen-bond donors (Lipinski definition) is 1. The molecular weight excluding hydrogens is 282 g/mol. The second-order valence-corrected chi connectivity index (χ2v) is 5.31. The van der Waals surface area contributed by atoms with E-state index in [1.54, 1.807) is 30.3 Å². The lowest BCUT2D eigenvalue weighted by Gasteiger charge is -2.02. The van der Waals surface area contributed by atoms with E-state index >= 15 is 0 Å². The van der Waals surface area contributed by atoms with Crippen LogP contribution in [-0.2, 0) is 0 Å². The molecule has 0 aliphatic heterocycles. The van der Waals surface area contributed by atoms with Crippen LogP contribution in [0.1, 0.15) is 15.9 Å².